The number of hydrogen-bond acceptors (Lipinski definition) is 10. The monoisotopic (exact) mass is 578 g/mol. The zero-order chi connectivity index (χ0) is 30.3. The molecule has 16 heteroatoms. The number of nitrogens with one attached hydrogen (secondary N) is 5. The number of rotatable bonds is 18. The van der Waals surface area contributed by atoms with Crippen LogP contribution in [0.25, 0.3) is 0 Å². The number of carbonyl (C=O) groups excluding carboxylic acids is 5. The number of nitrogens with two attached hydrogens (primary N) is 1. The molecular weight excluding hydrogens is 536 g/mol. The lowest BCUT2D eigenvalue weighted by atomic mass is 9.97. The summed E-state index contributed by atoms with van der Waals surface area (Å²) in [6, 6.07) is -5.33. The van der Waals surface area contributed by atoms with Gasteiger partial charge in [-0.3, -0.25) is 24.0 Å². The fraction of sp³-hybridized carbons (Fsp3) is 0.739. The van der Waals surface area contributed by atoms with E-state index in [4.69, 9.17) is 5.73 Å². The van der Waals surface area contributed by atoms with Crippen molar-refractivity contribution < 1.29 is 44.1 Å². The van der Waals surface area contributed by atoms with E-state index >= 15 is 0 Å². The van der Waals surface area contributed by atoms with Crippen LogP contribution in [0.15, 0.2) is 0 Å². The van der Waals surface area contributed by atoms with Crippen LogP contribution in [0.4, 0.5) is 0 Å². The summed E-state index contributed by atoms with van der Waals surface area (Å²) in [5.74, 6) is -5.25. The molecule has 7 atom stereocenters. The fourth-order valence-corrected chi connectivity index (χ4v) is 3.72. The number of aliphatic carboxylic acids is 1. The number of thioether (sulfide) groups is 1. The van der Waals surface area contributed by atoms with Crippen LogP contribution in [0.3, 0.4) is 0 Å². The third kappa shape index (κ3) is 13.1. The van der Waals surface area contributed by atoms with Crippen molar-refractivity contribution in [1.29, 1.82) is 0 Å². The summed E-state index contributed by atoms with van der Waals surface area (Å²) in [7, 11) is 0. The van der Waals surface area contributed by atoms with Crippen LogP contribution in [0.1, 0.15) is 40.5 Å². The van der Waals surface area contributed by atoms with Crippen molar-refractivity contribution >= 4 is 47.3 Å². The van der Waals surface area contributed by atoms with Gasteiger partial charge in [-0.25, -0.2) is 4.79 Å². The first-order chi connectivity index (χ1) is 18.2. The molecule has 0 bridgehead atoms. The van der Waals surface area contributed by atoms with E-state index in [1.165, 1.54) is 25.6 Å². The normalized spacial score (nSPS) is 16.3. The molecule has 0 aliphatic heterocycles. The number of amides is 5. The quantitative estimate of drug-likeness (QED) is 0.0777. The number of carboxylic acid groups (broad SMARTS) is 1. The van der Waals surface area contributed by atoms with Crippen molar-refractivity contribution in [2.45, 2.75) is 76.9 Å². The molecule has 0 aliphatic carbocycles. The molecule has 10 N–H and O–H groups in total. The van der Waals surface area contributed by atoms with Crippen LogP contribution in [0.2, 0.25) is 0 Å². The van der Waals surface area contributed by atoms with Gasteiger partial charge in [0.2, 0.25) is 29.5 Å². The zero-order valence-corrected chi connectivity index (χ0v) is 23.7. The Hall–Kier alpha value is -2.95. The minimum absolute atomic E-state index is 0.194. The summed E-state index contributed by atoms with van der Waals surface area (Å²) in [5, 5.41) is 40.9. The average Bonchev–Trinajstić information content (AvgIpc) is 2.88. The fourth-order valence-electron chi connectivity index (χ4n) is 3.25. The predicted molar refractivity (Wildman–Crippen MR) is 143 cm³/mol. The molecule has 0 rings (SSSR count). The Labute approximate surface area is 231 Å². The maximum absolute atomic E-state index is 13.0. The van der Waals surface area contributed by atoms with E-state index in [-0.39, 0.29) is 6.42 Å². The second kappa shape index (κ2) is 18.4. The molecule has 0 fully saturated rings. The summed E-state index contributed by atoms with van der Waals surface area (Å²) in [5.41, 5.74) is 5.22. The van der Waals surface area contributed by atoms with E-state index in [0.29, 0.717) is 12.2 Å². The van der Waals surface area contributed by atoms with Gasteiger partial charge in [-0.2, -0.15) is 11.8 Å². The Balaban J connectivity index is 5.46. The van der Waals surface area contributed by atoms with E-state index in [1.807, 2.05) is 0 Å². The number of hydrogen-bond donors (Lipinski definition) is 9. The van der Waals surface area contributed by atoms with Crippen LogP contribution >= 0.6 is 11.8 Å². The average molecular weight is 579 g/mol. The SMILES string of the molecule is CC[C@H](C)[C@H](NC(=O)[C@@H](NC(=O)[C@@H](NC(=O)CN)[C@@H](C)O)[C@@H](C)O)C(=O)NCC(=O)N[C@@H](CCSC)C(=O)O. The molecule has 39 heavy (non-hydrogen) atoms. The van der Waals surface area contributed by atoms with Gasteiger partial charge in [0.25, 0.3) is 0 Å². The highest BCUT2D eigenvalue weighted by molar-refractivity contribution is 7.98. The summed E-state index contributed by atoms with van der Waals surface area (Å²) in [6.45, 7) is 4.88. The van der Waals surface area contributed by atoms with E-state index in [9.17, 15) is 44.1 Å². The molecule has 0 aromatic carbocycles. The van der Waals surface area contributed by atoms with Crippen molar-refractivity contribution in [1.82, 2.24) is 26.6 Å². The van der Waals surface area contributed by atoms with Gasteiger partial charge in [-0.1, -0.05) is 20.3 Å². The summed E-state index contributed by atoms with van der Waals surface area (Å²) >= 11 is 1.42. The van der Waals surface area contributed by atoms with Crippen molar-refractivity contribution in [3.8, 4) is 0 Å². The molecule has 0 aromatic heterocycles. The summed E-state index contributed by atoms with van der Waals surface area (Å²) in [6.07, 6.45) is -0.372. The first-order valence-corrected chi connectivity index (χ1v) is 13.8. The van der Waals surface area contributed by atoms with Crippen LogP contribution in [-0.4, -0.2) is 112 Å². The smallest absolute Gasteiger partial charge is 0.326 e. The molecule has 0 aliphatic rings. The van der Waals surface area contributed by atoms with Crippen LogP contribution < -0.4 is 32.3 Å². The lowest BCUT2D eigenvalue weighted by molar-refractivity contribution is -0.141. The van der Waals surface area contributed by atoms with Crippen molar-refractivity contribution in [2.24, 2.45) is 11.7 Å². The topological polar surface area (TPSA) is 249 Å². The van der Waals surface area contributed by atoms with Crippen LogP contribution in [0, 0.1) is 5.92 Å². The second-order valence-corrected chi connectivity index (χ2v) is 10.0. The van der Waals surface area contributed by atoms with Crippen LogP contribution in [0.5, 0.6) is 0 Å². The van der Waals surface area contributed by atoms with Gasteiger partial charge in [0, 0.05) is 0 Å². The highest BCUT2D eigenvalue weighted by atomic mass is 32.2. The molecular formula is C23H42N6O9S. The van der Waals surface area contributed by atoms with Gasteiger partial charge < -0.3 is 47.6 Å². The van der Waals surface area contributed by atoms with Crippen LogP contribution in [-0.2, 0) is 28.8 Å². The maximum atomic E-state index is 13.0. The van der Waals surface area contributed by atoms with Gasteiger partial charge in [-0.05, 0) is 38.2 Å². The third-order valence-corrected chi connectivity index (χ3v) is 6.43. The first kappa shape index (κ1) is 36.0. The zero-order valence-electron chi connectivity index (χ0n) is 22.9. The summed E-state index contributed by atoms with van der Waals surface area (Å²) < 4.78 is 0. The Bertz CT molecular complexity index is 858. The van der Waals surface area contributed by atoms with E-state index in [2.05, 4.69) is 26.6 Å². The van der Waals surface area contributed by atoms with Gasteiger partial charge in [0.15, 0.2) is 0 Å². The Morgan fingerprint density at radius 1 is 0.795 bits per heavy atom. The Kier molecular flexibility index (Phi) is 17.0. The molecule has 0 saturated heterocycles. The second-order valence-electron chi connectivity index (χ2n) is 9.05. The number of aliphatic hydroxyl groups excluding tert-OH is 2. The van der Waals surface area contributed by atoms with E-state index in [0.717, 1.165) is 0 Å². The lowest BCUT2D eigenvalue weighted by Gasteiger charge is -2.29. The van der Waals surface area contributed by atoms with Gasteiger partial charge in [0.05, 0.1) is 25.3 Å². The van der Waals surface area contributed by atoms with E-state index < -0.39 is 90.9 Å². The molecule has 224 valence electrons. The largest absolute Gasteiger partial charge is 0.480 e. The van der Waals surface area contributed by atoms with Gasteiger partial charge in [-0.15, -0.1) is 0 Å². The molecule has 0 heterocycles. The molecule has 0 unspecified atom stereocenters. The molecule has 0 aromatic rings. The minimum atomic E-state index is -1.57. The predicted octanol–water partition coefficient (Wildman–Crippen LogP) is -3.35. The van der Waals surface area contributed by atoms with Crippen molar-refractivity contribution in [2.75, 3.05) is 25.1 Å². The summed E-state index contributed by atoms with van der Waals surface area (Å²) in [4.78, 5) is 73.7. The molecule has 0 saturated carbocycles. The van der Waals surface area contributed by atoms with Crippen molar-refractivity contribution in [3.63, 3.8) is 0 Å². The highest BCUT2D eigenvalue weighted by Crippen LogP contribution is 2.09. The maximum Gasteiger partial charge on any atom is 0.326 e. The van der Waals surface area contributed by atoms with Crippen molar-refractivity contribution in [3.05, 3.63) is 0 Å². The first-order valence-electron chi connectivity index (χ1n) is 12.4. The van der Waals surface area contributed by atoms with Gasteiger partial charge >= 0.3 is 5.97 Å². The standard InChI is InChI=1S/C23H42N6O9S/c1-6-11(2)17(20(34)25-10-16(33)26-14(23(37)38)7-8-39-5)28-22(36)19(13(4)31)29-21(35)18(12(3)30)27-15(32)9-24/h11-14,17-19,30-31H,6-10,24H2,1-5H3,(H,25,34)(H,26,33)(H,27,32)(H,28,36)(H,29,35)(H,37,38)/t11-,12+,13+,14-,17-,18-,19-/m0/s1. The highest BCUT2D eigenvalue weighted by Gasteiger charge is 2.35. The molecule has 15 nitrogen and oxygen atoms in total. The number of carbonyl (C=O) groups is 6. The Morgan fingerprint density at radius 2 is 1.31 bits per heavy atom. The minimum Gasteiger partial charge on any atom is -0.480 e. The molecule has 0 spiro atoms. The van der Waals surface area contributed by atoms with E-state index in [1.54, 1.807) is 20.1 Å². The Morgan fingerprint density at radius 3 is 1.74 bits per heavy atom. The number of carboxylic acids is 1. The van der Waals surface area contributed by atoms with Gasteiger partial charge in [0.1, 0.15) is 24.2 Å². The lowest BCUT2D eigenvalue weighted by Crippen LogP contribution is -2.62. The number of aliphatic hydroxyl groups is 2. The molecule has 5 amide bonds. The third-order valence-electron chi connectivity index (χ3n) is 5.79. The molecule has 0 radical (unpaired) electrons.